The van der Waals surface area contributed by atoms with E-state index in [0.717, 1.165) is 61.4 Å². The largest absolute Gasteiger partial charge is 0.494 e. The molecule has 2 heterocycles. The Balaban J connectivity index is 1.56. The topological polar surface area (TPSA) is 54.9 Å². The summed E-state index contributed by atoms with van der Waals surface area (Å²) in [6.07, 6.45) is 7.61. The van der Waals surface area contributed by atoms with Crippen molar-refractivity contribution in [3.63, 3.8) is 0 Å². The molecule has 1 aliphatic heterocycles. The summed E-state index contributed by atoms with van der Waals surface area (Å²) < 4.78 is 11.6. The van der Waals surface area contributed by atoms with Crippen LogP contribution in [0.3, 0.4) is 0 Å². The molecular weight excluding hydrogens is 510 g/mol. The number of hydrogen-bond acceptors (Lipinski definition) is 5. The highest BCUT2D eigenvalue weighted by molar-refractivity contribution is 5.68. The van der Waals surface area contributed by atoms with E-state index in [1.807, 2.05) is 38.1 Å². The van der Waals surface area contributed by atoms with Gasteiger partial charge >= 0.3 is 6.09 Å². The van der Waals surface area contributed by atoms with Crippen LogP contribution in [0.15, 0.2) is 54.9 Å². The molecule has 1 aliphatic rings. The average Bonchev–Trinajstić information content (AvgIpc) is 2.94. The van der Waals surface area contributed by atoms with Crippen LogP contribution in [-0.4, -0.2) is 47.3 Å². The van der Waals surface area contributed by atoms with E-state index in [0.29, 0.717) is 13.1 Å². The summed E-state index contributed by atoms with van der Waals surface area (Å²) in [5, 5.41) is 0. The molecule has 0 N–H and O–H groups in total. The van der Waals surface area contributed by atoms with Crippen molar-refractivity contribution in [1.29, 1.82) is 0 Å². The number of rotatable bonds is 9. The molecule has 0 bridgehead atoms. The lowest BCUT2D eigenvalue weighted by Crippen LogP contribution is -2.48. The third-order valence-corrected chi connectivity index (χ3v) is 7.90. The van der Waals surface area contributed by atoms with Gasteiger partial charge in [0.1, 0.15) is 11.4 Å². The van der Waals surface area contributed by atoms with Crippen molar-refractivity contribution in [2.45, 2.75) is 92.3 Å². The minimum atomic E-state index is -0.493. The van der Waals surface area contributed by atoms with Gasteiger partial charge in [0.05, 0.1) is 6.61 Å². The third kappa shape index (κ3) is 8.25. The smallest absolute Gasteiger partial charge is 0.410 e. The number of pyridine rings is 1. The number of ether oxygens (including phenoxy) is 2. The molecule has 1 saturated heterocycles. The fourth-order valence-corrected chi connectivity index (χ4v) is 5.32. The highest BCUT2D eigenvalue weighted by Crippen LogP contribution is 2.30. The number of likely N-dealkylation sites (tertiary alicyclic amines) is 1. The lowest BCUT2D eigenvalue weighted by molar-refractivity contribution is 0.0204. The van der Waals surface area contributed by atoms with Crippen LogP contribution < -0.4 is 9.64 Å². The molecule has 3 aromatic rings. The lowest BCUT2D eigenvalue weighted by Gasteiger charge is -2.40. The normalized spacial score (nSPS) is 14.2. The first-order valence-electron chi connectivity index (χ1n) is 15.0. The van der Waals surface area contributed by atoms with Crippen LogP contribution in [0.4, 0.5) is 10.5 Å². The summed E-state index contributed by atoms with van der Waals surface area (Å²) in [6.45, 7) is 17.2. The van der Waals surface area contributed by atoms with Crippen molar-refractivity contribution in [3.8, 4) is 16.9 Å². The van der Waals surface area contributed by atoms with Gasteiger partial charge in [-0.3, -0.25) is 4.98 Å². The van der Waals surface area contributed by atoms with Crippen LogP contribution in [0.1, 0.15) is 75.6 Å². The van der Waals surface area contributed by atoms with E-state index in [9.17, 15) is 4.79 Å². The summed E-state index contributed by atoms with van der Waals surface area (Å²) in [5.41, 5.74) is 8.08. The minimum absolute atomic E-state index is 0.225. The summed E-state index contributed by atoms with van der Waals surface area (Å²) in [5.74, 6) is 0.899. The number of carbonyl (C=O) groups excluding carboxylic acids is 1. The number of benzene rings is 2. The maximum Gasteiger partial charge on any atom is 0.410 e. The standard InChI is InChI=1S/C35H47N3O3/c1-8-9-18-40-33-12-10-31(11-13-33)38(32-14-16-37(17-15-32)34(39)41-35(5,6)7)24-28-21-30(23-36-22-28)29-19-25(2)27(4)26(3)20-29/h10-13,19-23,32H,8-9,14-18,24H2,1-7H3. The van der Waals surface area contributed by atoms with Crippen molar-refractivity contribution in [3.05, 3.63) is 77.1 Å². The van der Waals surface area contributed by atoms with E-state index in [1.165, 1.54) is 22.3 Å². The average molecular weight is 558 g/mol. The SMILES string of the molecule is CCCCOc1ccc(N(Cc2cncc(-c3cc(C)c(C)c(C)c3)c2)C2CCN(C(=O)OC(C)(C)C)CC2)cc1. The highest BCUT2D eigenvalue weighted by Gasteiger charge is 2.30. The zero-order valence-electron chi connectivity index (χ0n) is 26.0. The van der Waals surface area contributed by atoms with Gasteiger partial charge in [0, 0.05) is 49.3 Å². The number of anilines is 1. The van der Waals surface area contributed by atoms with Crippen LogP contribution in [0.5, 0.6) is 5.75 Å². The van der Waals surface area contributed by atoms with E-state index in [1.54, 1.807) is 0 Å². The Labute approximate surface area is 246 Å². The van der Waals surface area contributed by atoms with Crippen LogP contribution in [-0.2, 0) is 11.3 Å². The van der Waals surface area contributed by atoms with Crippen molar-refractivity contribution >= 4 is 11.8 Å². The van der Waals surface area contributed by atoms with Crippen LogP contribution in [0.2, 0.25) is 0 Å². The Morgan fingerprint density at radius 3 is 2.24 bits per heavy atom. The number of piperidine rings is 1. The molecule has 0 radical (unpaired) electrons. The van der Waals surface area contributed by atoms with Crippen LogP contribution >= 0.6 is 0 Å². The first-order chi connectivity index (χ1) is 19.5. The molecule has 220 valence electrons. The second-order valence-electron chi connectivity index (χ2n) is 12.3. The Morgan fingerprint density at radius 1 is 0.976 bits per heavy atom. The van der Waals surface area contributed by atoms with Crippen molar-refractivity contribution in [2.75, 3.05) is 24.6 Å². The summed E-state index contributed by atoms with van der Waals surface area (Å²) in [7, 11) is 0. The monoisotopic (exact) mass is 557 g/mol. The molecule has 0 aliphatic carbocycles. The number of nitrogens with zero attached hydrogens (tertiary/aromatic N) is 3. The Morgan fingerprint density at radius 2 is 1.63 bits per heavy atom. The number of aryl methyl sites for hydroxylation is 2. The lowest BCUT2D eigenvalue weighted by atomic mass is 9.96. The number of aromatic nitrogens is 1. The van der Waals surface area contributed by atoms with E-state index in [2.05, 4.69) is 80.0 Å². The maximum atomic E-state index is 12.7. The van der Waals surface area contributed by atoms with E-state index < -0.39 is 5.60 Å². The highest BCUT2D eigenvalue weighted by atomic mass is 16.6. The van der Waals surface area contributed by atoms with E-state index in [-0.39, 0.29) is 12.1 Å². The molecule has 1 aromatic heterocycles. The first kappa shape index (κ1) is 30.4. The second-order valence-corrected chi connectivity index (χ2v) is 12.3. The van der Waals surface area contributed by atoms with E-state index in [4.69, 9.17) is 9.47 Å². The molecule has 0 unspecified atom stereocenters. The molecule has 41 heavy (non-hydrogen) atoms. The van der Waals surface area contributed by atoms with Crippen molar-refractivity contribution in [2.24, 2.45) is 0 Å². The molecule has 0 saturated carbocycles. The Bertz CT molecular complexity index is 1280. The van der Waals surface area contributed by atoms with Gasteiger partial charge in [0.2, 0.25) is 0 Å². The number of unbranched alkanes of at least 4 members (excludes halogenated alkanes) is 1. The summed E-state index contributed by atoms with van der Waals surface area (Å²) >= 11 is 0. The molecule has 0 spiro atoms. The predicted molar refractivity (Wildman–Crippen MR) is 168 cm³/mol. The predicted octanol–water partition coefficient (Wildman–Crippen LogP) is 8.26. The fraction of sp³-hybridized carbons (Fsp3) is 0.486. The second kappa shape index (κ2) is 13.4. The molecule has 0 atom stereocenters. The molecule has 6 heteroatoms. The molecule has 1 fully saturated rings. The molecule has 1 amide bonds. The zero-order chi connectivity index (χ0) is 29.6. The number of carbonyl (C=O) groups is 1. The van der Waals surface area contributed by atoms with Crippen molar-refractivity contribution < 1.29 is 14.3 Å². The Kier molecular flexibility index (Phi) is 9.95. The zero-order valence-corrected chi connectivity index (χ0v) is 26.0. The van der Waals surface area contributed by atoms with Gasteiger partial charge in [0.25, 0.3) is 0 Å². The Hall–Kier alpha value is -3.54. The molecule has 4 rings (SSSR count). The summed E-state index contributed by atoms with van der Waals surface area (Å²) in [6, 6.07) is 15.5. The summed E-state index contributed by atoms with van der Waals surface area (Å²) in [4.78, 5) is 21.7. The third-order valence-electron chi connectivity index (χ3n) is 7.90. The van der Waals surface area contributed by atoms with Crippen molar-refractivity contribution in [1.82, 2.24) is 9.88 Å². The van der Waals surface area contributed by atoms with Crippen LogP contribution in [0, 0.1) is 20.8 Å². The molecule has 6 nitrogen and oxygen atoms in total. The first-order valence-corrected chi connectivity index (χ1v) is 15.0. The molecular formula is C35H47N3O3. The quantitative estimate of drug-likeness (QED) is 0.248. The van der Waals surface area contributed by atoms with Gasteiger partial charge in [0.15, 0.2) is 0 Å². The minimum Gasteiger partial charge on any atom is -0.494 e. The van der Waals surface area contributed by atoms with Gasteiger partial charge in [-0.1, -0.05) is 25.5 Å². The van der Waals surface area contributed by atoms with Gasteiger partial charge in [-0.25, -0.2) is 4.79 Å². The van der Waals surface area contributed by atoms with E-state index >= 15 is 0 Å². The van der Waals surface area contributed by atoms with Gasteiger partial charge < -0.3 is 19.3 Å². The molecule has 2 aromatic carbocycles. The number of amides is 1. The van der Waals surface area contributed by atoms with Crippen LogP contribution in [0.25, 0.3) is 11.1 Å². The fourth-order valence-electron chi connectivity index (χ4n) is 5.32. The maximum absolute atomic E-state index is 12.7. The van der Waals surface area contributed by atoms with Gasteiger partial charge in [-0.05, 0) is 119 Å². The van der Waals surface area contributed by atoms with Gasteiger partial charge in [-0.15, -0.1) is 0 Å². The number of hydrogen-bond donors (Lipinski definition) is 0. The van der Waals surface area contributed by atoms with Gasteiger partial charge in [-0.2, -0.15) is 0 Å².